The molecule has 0 saturated heterocycles. The Hall–Kier alpha value is -3.67. The van der Waals surface area contributed by atoms with Crippen molar-refractivity contribution in [3.8, 4) is 0 Å². The number of carbonyl (C=O) groups excluding carboxylic acids is 2. The molecule has 0 radical (unpaired) electrons. The van der Waals surface area contributed by atoms with Crippen molar-refractivity contribution in [2.45, 2.75) is 20.5 Å². The topological polar surface area (TPSA) is 164 Å². The van der Waals surface area contributed by atoms with Crippen LogP contribution >= 0.6 is 0 Å². The van der Waals surface area contributed by atoms with Crippen molar-refractivity contribution in [3.63, 3.8) is 0 Å². The van der Waals surface area contributed by atoms with E-state index < -0.39 is 22.0 Å². The summed E-state index contributed by atoms with van der Waals surface area (Å²) in [5.41, 5.74) is 6.26. The summed E-state index contributed by atoms with van der Waals surface area (Å²) in [7, 11) is -3.59. The number of furan rings is 1. The van der Waals surface area contributed by atoms with Crippen molar-refractivity contribution < 1.29 is 31.9 Å². The highest BCUT2D eigenvalue weighted by atomic mass is 32.2. The number of rotatable bonds is 7. The maximum Gasteiger partial charge on any atom is 0.342 e. The van der Waals surface area contributed by atoms with Crippen LogP contribution < -0.4 is 10.5 Å². The van der Waals surface area contributed by atoms with E-state index in [1.54, 1.807) is 26.0 Å². The van der Waals surface area contributed by atoms with Crippen LogP contribution in [0.3, 0.4) is 0 Å². The number of hydrogen-bond acceptors (Lipinski definition) is 10. The first-order valence-electron chi connectivity index (χ1n) is 9.07. The van der Waals surface area contributed by atoms with E-state index >= 15 is 0 Å². The van der Waals surface area contributed by atoms with E-state index in [0.717, 1.165) is 6.26 Å². The molecule has 2 aromatic heterocycles. The van der Waals surface area contributed by atoms with Gasteiger partial charge in [-0.1, -0.05) is 12.1 Å². The van der Waals surface area contributed by atoms with E-state index in [1.807, 2.05) is 0 Å². The molecule has 0 amide bonds. The van der Waals surface area contributed by atoms with Crippen LogP contribution in [0.1, 0.15) is 39.2 Å². The van der Waals surface area contributed by atoms with E-state index in [2.05, 4.69) is 14.7 Å². The number of sulfonamides is 1. The normalized spacial score (nSPS) is 11.3. The van der Waals surface area contributed by atoms with Crippen molar-refractivity contribution >= 4 is 44.6 Å². The van der Waals surface area contributed by atoms with Crippen LogP contribution in [0.15, 0.2) is 28.7 Å². The number of hydrogen-bond donors (Lipinski definition) is 2. The van der Waals surface area contributed by atoms with Crippen molar-refractivity contribution in [3.05, 3.63) is 47.0 Å². The lowest BCUT2D eigenvalue weighted by Crippen LogP contribution is -2.15. The molecule has 3 N–H and O–H groups in total. The summed E-state index contributed by atoms with van der Waals surface area (Å²) in [5.74, 6) is -1.13. The fourth-order valence-corrected chi connectivity index (χ4v) is 3.43. The molecule has 0 aliphatic rings. The van der Waals surface area contributed by atoms with Crippen molar-refractivity contribution in [1.82, 2.24) is 9.97 Å². The highest BCUT2D eigenvalue weighted by Gasteiger charge is 2.24. The van der Waals surface area contributed by atoms with E-state index in [0.29, 0.717) is 0 Å². The number of benzene rings is 1. The van der Waals surface area contributed by atoms with Crippen LogP contribution in [0.2, 0.25) is 0 Å². The lowest BCUT2D eigenvalue weighted by Gasteiger charge is -2.10. The van der Waals surface area contributed by atoms with Gasteiger partial charge in [-0.3, -0.25) is 4.72 Å². The largest absolute Gasteiger partial charge is 0.462 e. The average Bonchev–Trinajstić information content (AvgIpc) is 3.02. The molecule has 164 valence electrons. The second-order valence-corrected chi connectivity index (χ2v) is 8.20. The van der Waals surface area contributed by atoms with Gasteiger partial charge in [-0.25, -0.2) is 23.0 Å². The number of carbonyl (C=O) groups is 2. The summed E-state index contributed by atoms with van der Waals surface area (Å²) >= 11 is 0. The lowest BCUT2D eigenvalue weighted by molar-refractivity contribution is 0.0462. The Morgan fingerprint density at radius 3 is 2.55 bits per heavy atom. The van der Waals surface area contributed by atoms with Gasteiger partial charge < -0.3 is 19.6 Å². The Morgan fingerprint density at radius 2 is 1.87 bits per heavy atom. The number of anilines is 2. The molecule has 0 unspecified atom stereocenters. The zero-order chi connectivity index (χ0) is 22.8. The third-order valence-electron chi connectivity index (χ3n) is 4.06. The van der Waals surface area contributed by atoms with Crippen LogP contribution in [-0.4, -0.2) is 43.2 Å². The third kappa shape index (κ3) is 4.91. The maximum absolute atomic E-state index is 12.5. The summed E-state index contributed by atoms with van der Waals surface area (Å²) in [6.07, 6.45) is 0.969. The van der Waals surface area contributed by atoms with Gasteiger partial charge in [0.05, 0.1) is 29.5 Å². The average molecular weight is 448 g/mol. The molecule has 0 saturated carbocycles. The van der Waals surface area contributed by atoms with Crippen LogP contribution in [0, 0.1) is 6.92 Å². The molecule has 0 fully saturated rings. The van der Waals surface area contributed by atoms with E-state index in [-0.39, 0.29) is 58.5 Å². The Morgan fingerprint density at radius 1 is 1.16 bits per heavy atom. The Balaban J connectivity index is 1.84. The van der Waals surface area contributed by atoms with Crippen LogP contribution in [0.25, 0.3) is 11.1 Å². The zero-order valence-electron chi connectivity index (χ0n) is 17.0. The number of fused-ring (bicyclic) bond motifs is 1. The van der Waals surface area contributed by atoms with E-state index in [4.69, 9.17) is 19.6 Å². The van der Waals surface area contributed by atoms with Gasteiger partial charge in [0, 0.05) is 0 Å². The van der Waals surface area contributed by atoms with Gasteiger partial charge in [-0.15, -0.1) is 0 Å². The van der Waals surface area contributed by atoms with Gasteiger partial charge in [0.25, 0.3) is 0 Å². The second-order valence-electron chi connectivity index (χ2n) is 6.45. The number of nitrogens with one attached hydrogen (secondary N) is 1. The number of aromatic nitrogens is 2. The first-order chi connectivity index (χ1) is 14.6. The first kappa shape index (κ1) is 22.0. The molecule has 0 spiro atoms. The quantitative estimate of drug-likeness (QED) is 0.511. The molecule has 0 aliphatic carbocycles. The monoisotopic (exact) mass is 448 g/mol. The predicted octanol–water partition coefficient (Wildman–Crippen LogP) is 2.02. The molecule has 2 heterocycles. The van der Waals surface area contributed by atoms with E-state index in [9.17, 15) is 18.0 Å². The number of esters is 2. The minimum Gasteiger partial charge on any atom is -0.462 e. The number of nitrogen functional groups attached to an aromatic ring is 1. The molecule has 0 bridgehead atoms. The SMILES string of the molecule is CCOC(=O)c1c(C)oc2nc(COC(=O)c3ccccc3NS(C)(=O)=O)nc(N)c12. The molecule has 31 heavy (non-hydrogen) atoms. The molecule has 0 aliphatic heterocycles. The minimum absolute atomic E-state index is 0.0143. The lowest BCUT2D eigenvalue weighted by atomic mass is 10.2. The van der Waals surface area contributed by atoms with Crippen molar-refractivity contribution in [2.24, 2.45) is 0 Å². The zero-order valence-corrected chi connectivity index (χ0v) is 17.8. The smallest absolute Gasteiger partial charge is 0.342 e. The number of ether oxygens (including phenoxy) is 2. The molecule has 3 rings (SSSR count). The predicted molar refractivity (Wildman–Crippen MR) is 111 cm³/mol. The summed E-state index contributed by atoms with van der Waals surface area (Å²) in [5, 5.41) is 0.216. The Bertz CT molecular complexity index is 1270. The summed E-state index contributed by atoms with van der Waals surface area (Å²) < 4.78 is 41.0. The molecule has 11 nitrogen and oxygen atoms in total. The van der Waals surface area contributed by atoms with Gasteiger partial charge in [0.15, 0.2) is 12.4 Å². The molecule has 0 atom stereocenters. The molecule has 12 heteroatoms. The van der Waals surface area contributed by atoms with Gasteiger partial charge in [-0.2, -0.15) is 4.98 Å². The standard InChI is InChI=1S/C19H20N4O7S/c1-4-28-19(25)14-10(2)30-17-15(14)16(20)21-13(22-17)9-29-18(24)11-7-5-6-8-12(11)23-31(3,26)27/h5-8,23H,4,9H2,1-3H3,(H2,20,21,22). The number of nitrogens with two attached hydrogens (primary N) is 1. The molecular formula is C19H20N4O7S. The van der Waals surface area contributed by atoms with Gasteiger partial charge >= 0.3 is 11.9 Å². The molecule has 1 aromatic carbocycles. The van der Waals surface area contributed by atoms with Gasteiger partial charge in [0.2, 0.25) is 15.7 Å². The van der Waals surface area contributed by atoms with Crippen LogP contribution in [0.4, 0.5) is 11.5 Å². The fourth-order valence-electron chi connectivity index (χ4n) is 2.85. The number of para-hydroxylation sites is 1. The Labute approximate surface area is 177 Å². The molecular weight excluding hydrogens is 428 g/mol. The van der Waals surface area contributed by atoms with Gasteiger partial charge in [0.1, 0.15) is 17.1 Å². The summed E-state index contributed by atoms with van der Waals surface area (Å²) in [6.45, 7) is 3.06. The third-order valence-corrected chi connectivity index (χ3v) is 4.65. The highest BCUT2D eigenvalue weighted by Crippen LogP contribution is 2.29. The number of nitrogens with zero attached hydrogens (tertiary/aromatic N) is 2. The summed E-state index contributed by atoms with van der Waals surface area (Å²) in [4.78, 5) is 32.9. The molecule has 3 aromatic rings. The van der Waals surface area contributed by atoms with Gasteiger partial charge in [-0.05, 0) is 26.0 Å². The second kappa shape index (κ2) is 8.60. The highest BCUT2D eigenvalue weighted by molar-refractivity contribution is 7.92. The van der Waals surface area contributed by atoms with E-state index in [1.165, 1.54) is 12.1 Å². The van der Waals surface area contributed by atoms with Crippen molar-refractivity contribution in [1.29, 1.82) is 0 Å². The fraction of sp³-hybridized carbons (Fsp3) is 0.263. The number of aryl methyl sites for hydroxylation is 1. The first-order valence-corrected chi connectivity index (χ1v) is 11.0. The minimum atomic E-state index is -3.59. The summed E-state index contributed by atoms with van der Waals surface area (Å²) in [6, 6.07) is 5.98. The van der Waals surface area contributed by atoms with Crippen LogP contribution in [-0.2, 0) is 26.1 Å². The van der Waals surface area contributed by atoms with Crippen molar-refractivity contribution in [2.75, 3.05) is 23.3 Å². The van der Waals surface area contributed by atoms with Crippen LogP contribution in [0.5, 0.6) is 0 Å². The maximum atomic E-state index is 12.5. The Kier molecular flexibility index (Phi) is 6.11.